The maximum Gasteiger partial charge on any atom is 0.446 e. The zero-order chi connectivity index (χ0) is 24.5. The van der Waals surface area contributed by atoms with E-state index in [1.54, 1.807) is 30.5 Å². The summed E-state index contributed by atoms with van der Waals surface area (Å²) in [6.07, 6.45) is 10.7. The lowest BCUT2D eigenvalue weighted by atomic mass is 10.1. The lowest BCUT2D eigenvalue weighted by Gasteiger charge is -2.06. The number of halogens is 3. The maximum atomic E-state index is 12.4. The summed E-state index contributed by atoms with van der Waals surface area (Å²) in [4.78, 5) is 4.49. The number of hydrogen-bond donors (Lipinski definition) is 1. The molecule has 2 aromatic heterocycles. The van der Waals surface area contributed by atoms with Crippen molar-refractivity contribution in [2.24, 2.45) is 0 Å². The minimum absolute atomic E-state index is 0.139. The second kappa shape index (κ2) is 11.7. The van der Waals surface area contributed by atoms with Crippen molar-refractivity contribution in [1.29, 1.82) is 0 Å². The molecule has 0 aliphatic rings. The van der Waals surface area contributed by atoms with Crippen molar-refractivity contribution < 1.29 is 22.3 Å². The number of oxazole rings is 1. The number of aromatic nitrogens is 4. The lowest BCUT2D eigenvalue weighted by molar-refractivity contribution is -0.0328. The van der Waals surface area contributed by atoms with Crippen LogP contribution in [-0.4, -0.2) is 25.9 Å². The largest absolute Gasteiger partial charge is 0.487 e. The SMILES string of the molecule is FC(F)(F)Sc1ccc(/C=C/c2nc(COc3ccc(CCCCc4cn[nH]n4)cc3)co2)cc1. The summed E-state index contributed by atoms with van der Waals surface area (Å²) in [6, 6.07) is 14.1. The first-order valence-electron chi connectivity index (χ1n) is 11.0. The first kappa shape index (κ1) is 24.6. The van der Waals surface area contributed by atoms with Crippen LogP contribution in [0.2, 0.25) is 0 Å². The Labute approximate surface area is 204 Å². The summed E-state index contributed by atoms with van der Waals surface area (Å²) in [7, 11) is 0. The molecule has 0 bridgehead atoms. The van der Waals surface area contributed by atoms with Crippen molar-refractivity contribution in [1.82, 2.24) is 20.4 Å². The van der Waals surface area contributed by atoms with Crippen molar-refractivity contribution in [3.05, 3.63) is 89.4 Å². The van der Waals surface area contributed by atoms with Crippen LogP contribution in [0.5, 0.6) is 5.75 Å². The Bertz CT molecular complexity index is 1210. The predicted octanol–water partition coefficient (Wildman–Crippen LogP) is 6.72. The topological polar surface area (TPSA) is 76.8 Å². The van der Waals surface area contributed by atoms with E-state index in [0.29, 0.717) is 11.6 Å². The van der Waals surface area contributed by atoms with Gasteiger partial charge in [-0.1, -0.05) is 24.3 Å². The van der Waals surface area contributed by atoms with Gasteiger partial charge in [0.1, 0.15) is 24.3 Å². The number of nitrogens with one attached hydrogen (secondary N) is 1. The Kier molecular flexibility index (Phi) is 8.25. The molecule has 2 heterocycles. The molecule has 0 fully saturated rings. The van der Waals surface area contributed by atoms with Crippen LogP contribution in [0.25, 0.3) is 12.2 Å². The second-order valence-corrected chi connectivity index (χ2v) is 8.87. The standard InChI is InChI=1S/C25H23F3N4O2S/c26-25(27,28)35-23-12-7-19(8-13-23)9-14-24-30-21(17-34-24)16-33-22-10-5-18(6-11-22)3-1-2-4-20-15-29-32-31-20/h5-15,17H,1-4,16H2,(H,29,31,32)/b14-9+. The lowest BCUT2D eigenvalue weighted by Crippen LogP contribution is -1.98. The fourth-order valence-corrected chi connectivity index (χ4v) is 3.84. The van der Waals surface area contributed by atoms with E-state index in [1.807, 2.05) is 12.1 Å². The number of aryl methyl sites for hydroxylation is 2. The number of H-pyrrole nitrogens is 1. The predicted molar refractivity (Wildman–Crippen MR) is 128 cm³/mol. The number of thioether (sulfide) groups is 1. The van der Waals surface area contributed by atoms with Crippen LogP contribution in [-0.2, 0) is 19.4 Å². The van der Waals surface area contributed by atoms with E-state index in [-0.39, 0.29) is 23.3 Å². The molecule has 4 rings (SSSR count). The zero-order valence-corrected chi connectivity index (χ0v) is 19.5. The van der Waals surface area contributed by atoms with Gasteiger partial charge >= 0.3 is 5.51 Å². The van der Waals surface area contributed by atoms with Crippen molar-refractivity contribution in [2.75, 3.05) is 0 Å². The molecular weight excluding hydrogens is 477 g/mol. The van der Waals surface area contributed by atoms with Crippen LogP contribution in [0.1, 0.15) is 41.2 Å². The van der Waals surface area contributed by atoms with E-state index >= 15 is 0 Å². The van der Waals surface area contributed by atoms with E-state index < -0.39 is 5.51 Å². The number of rotatable bonds is 11. The molecule has 0 unspecified atom stereocenters. The molecular formula is C25H23F3N4O2S. The van der Waals surface area contributed by atoms with Crippen LogP contribution in [0.4, 0.5) is 13.2 Å². The molecule has 35 heavy (non-hydrogen) atoms. The highest BCUT2D eigenvalue weighted by atomic mass is 32.2. The number of nitrogens with zero attached hydrogens (tertiary/aromatic N) is 3. The van der Waals surface area contributed by atoms with Gasteiger partial charge in [0.25, 0.3) is 0 Å². The Hall–Kier alpha value is -3.53. The molecule has 0 aliphatic heterocycles. The Balaban J connectivity index is 1.20. The monoisotopic (exact) mass is 500 g/mol. The number of ether oxygens (including phenoxy) is 1. The van der Waals surface area contributed by atoms with Gasteiger partial charge in [0, 0.05) is 11.0 Å². The molecule has 2 aromatic carbocycles. The quantitative estimate of drug-likeness (QED) is 0.182. The average Bonchev–Trinajstić information content (AvgIpc) is 3.52. The van der Waals surface area contributed by atoms with Crippen LogP contribution < -0.4 is 4.74 Å². The van der Waals surface area contributed by atoms with Gasteiger partial charge in [-0.05, 0) is 78.9 Å². The van der Waals surface area contributed by atoms with Crippen molar-refractivity contribution in [3.63, 3.8) is 0 Å². The third kappa shape index (κ3) is 8.32. The molecule has 0 saturated carbocycles. The van der Waals surface area contributed by atoms with Crippen molar-refractivity contribution >= 4 is 23.9 Å². The molecule has 4 aromatic rings. The van der Waals surface area contributed by atoms with E-state index in [0.717, 1.165) is 42.7 Å². The fourth-order valence-electron chi connectivity index (χ4n) is 3.30. The summed E-state index contributed by atoms with van der Waals surface area (Å²) < 4.78 is 48.5. The molecule has 0 spiro atoms. The van der Waals surface area contributed by atoms with Crippen LogP contribution in [0.3, 0.4) is 0 Å². The number of unbranched alkanes of at least 4 members (excludes halogenated alkanes) is 1. The number of aromatic amines is 1. The highest BCUT2D eigenvalue weighted by molar-refractivity contribution is 8.00. The smallest absolute Gasteiger partial charge is 0.446 e. The Morgan fingerprint density at radius 2 is 1.71 bits per heavy atom. The first-order valence-corrected chi connectivity index (χ1v) is 11.8. The van der Waals surface area contributed by atoms with Crippen LogP contribution in [0, 0.1) is 0 Å². The zero-order valence-electron chi connectivity index (χ0n) is 18.7. The van der Waals surface area contributed by atoms with Crippen LogP contribution >= 0.6 is 11.8 Å². The molecule has 10 heteroatoms. The summed E-state index contributed by atoms with van der Waals surface area (Å²) in [5, 5.41) is 10.5. The number of hydrogen-bond acceptors (Lipinski definition) is 6. The molecule has 0 atom stereocenters. The fraction of sp³-hybridized carbons (Fsp3) is 0.240. The molecule has 182 valence electrons. The van der Waals surface area contributed by atoms with E-state index in [9.17, 15) is 13.2 Å². The van der Waals surface area contributed by atoms with Gasteiger partial charge in [0.05, 0.1) is 11.9 Å². The van der Waals surface area contributed by atoms with Gasteiger partial charge < -0.3 is 9.15 Å². The summed E-state index contributed by atoms with van der Waals surface area (Å²) in [5.74, 6) is 1.13. The number of alkyl halides is 3. The van der Waals surface area contributed by atoms with Crippen molar-refractivity contribution in [3.8, 4) is 5.75 Å². The highest BCUT2D eigenvalue weighted by Gasteiger charge is 2.28. The van der Waals surface area contributed by atoms with E-state index in [2.05, 4.69) is 32.5 Å². The third-order valence-corrected chi connectivity index (χ3v) is 5.76. The number of benzene rings is 2. The summed E-state index contributed by atoms with van der Waals surface area (Å²) in [5.41, 5.74) is -0.687. The van der Waals surface area contributed by atoms with E-state index in [4.69, 9.17) is 9.15 Å². The summed E-state index contributed by atoms with van der Waals surface area (Å²) >= 11 is -0.139. The molecule has 0 radical (unpaired) electrons. The van der Waals surface area contributed by atoms with Gasteiger partial charge in [-0.15, -0.1) is 0 Å². The minimum atomic E-state index is -4.30. The maximum absolute atomic E-state index is 12.4. The first-order chi connectivity index (χ1) is 16.9. The van der Waals surface area contributed by atoms with Crippen molar-refractivity contribution in [2.45, 2.75) is 42.7 Å². The van der Waals surface area contributed by atoms with Crippen LogP contribution in [0.15, 0.2) is 70.3 Å². The van der Waals surface area contributed by atoms with E-state index in [1.165, 1.54) is 24.0 Å². The Morgan fingerprint density at radius 1 is 0.943 bits per heavy atom. The van der Waals surface area contributed by atoms with Gasteiger partial charge in [0.2, 0.25) is 5.89 Å². The van der Waals surface area contributed by atoms with Gasteiger partial charge in [-0.25, -0.2) is 4.98 Å². The summed E-state index contributed by atoms with van der Waals surface area (Å²) in [6.45, 7) is 0.262. The molecule has 0 amide bonds. The molecule has 0 saturated heterocycles. The molecule has 1 N–H and O–H groups in total. The van der Waals surface area contributed by atoms with Gasteiger partial charge in [0.15, 0.2) is 0 Å². The minimum Gasteiger partial charge on any atom is -0.487 e. The third-order valence-electron chi connectivity index (χ3n) is 5.02. The van der Waals surface area contributed by atoms with Gasteiger partial charge in [-0.2, -0.15) is 28.6 Å². The molecule has 0 aliphatic carbocycles. The Morgan fingerprint density at radius 3 is 2.43 bits per heavy atom. The average molecular weight is 501 g/mol. The van der Waals surface area contributed by atoms with Gasteiger partial charge in [-0.3, -0.25) is 0 Å². The molecule has 6 nitrogen and oxygen atoms in total. The second-order valence-electron chi connectivity index (χ2n) is 7.73. The highest BCUT2D eigenvalue weighted by Crippen LogP contribution is 2.36. The normalized spacial score (nSPS) is 11.9.